The van der Waals surface area contributed by atoms with E-state index in [1.807, 2.05) is 0 Å². The predicted octanol–water partition coefficient (Wildman–Crippen LogP) is 3.21. The van der Waals surface area contributed by atoms with Gasteiger partial charge in [-0.1, -0.05) is 48.5 Å². The molecule has 2 heterocycles. The third-order valence-corrected chi connectivity index (χ3v) is 6.87. The van der Waals surface area contributed by atoms with E-state index in [0.29, 0.717) is 0 Å². The molecule has 2 aliphatic rings. The quantitative estimate of drug-likeness (QED) is 0.687. The van der Waals surface area contributed by atoms with Gasteiger partial charge in [0.1, 0.15) is 0 Å². The van der Waals surface area contributed by atoms with E-state index in [0.717, 1.165) is 52.0 Å². The topological polar surface area (TPSA) is 51.4 Å². The molecule has 1 aliphatic carbocycles. The maximum Gasteiger partial charge on any atom is 0.223 e. The number of hydrogen-bond donors (Lipinski definition) is 2. The van der Waals surface area contributed by atoms with Gasteiger partial charge in [-0.15, -0.1) is 0 Å². The average Bonchev–Trinajstić information content (AvgIpc) is 3.06. The van der Waals surface area contributed by atoms with Crippen molar-refractivity contribution in [2.75, 3.05) is 33.2 Å². The van der Waals surface area contributed by atoms with E-state index >= 15 is 0 Å². The molecule has 5 rings (SSSR count). The first-order chi connectivity index (χ1) is 15.2. The van der Waals surface area contributed by atoms with Gasteiger partial charge >= 0.3 is 0 Å². The van der Waals surface area contributed by atoms with E-state index in [1.54, 1.807) is 0 Å². The van der Waals surface area contributed by atoms with Gasteiger partial charge in [0.05, 0.1) is 6.04 Å². The Labute approximate surface area is 184 Å². The first kappa shape index (κ1) is 20.3. The van der Waals surface area contributed by atoms with Crippen molar-refractivity contribution in [3.8, 4) is 0 Å². The van der Waals surface area contributed by atoms with Gasteiger partial charge in [-0.3, -0.25) is 9.69 Å². The van der Waals surface area contributed by atoms with Gasteiger partial charge in [0.2, 0.25) is 5.91 Å². The molecule has 1 aromatic heterocycles. The number of rotatable bonds is 4. The van der Waals surface area contributed by atoms with Crippen LogP contribution in [0.1, 0.15) is 23.2 Å². The van der Waals surface area contributed by atoms with E-state index in [-0.39, 0.29) is 17.9 Å². The Morgan fingerprint density at radius 3 is 2.74 bits per heavy atom. The number of amides is 1. The number of nitrogens with zero attached hydrogens (tertiary/aromatic N) is 2. The number of aryl methyl sites for hydroxylation is 1. The molecule has 0 saturated carbocycles. The molecule has 2 N–H and O–H groups in total. The molecule has 5 nitrogen and oxygen atoms in total. The average molecular weight is 417 g/mol. The first-order valence-electron chi connectivity index (χ1n) is 11.5. The number of H-pyrrole nitrogens is 1. The number of aromatic nitrogens is 1. The summed E-state index contributed by atoms with van der Waals surface area (Å²) in [7, 11) is 2.16. The molecule has 1 amide bonds. The first-order valence-corrected chi connectivity index (χ1v) is 11.5. The molecule has 2 atom stereocenters. The molecule has 3 aromatic rings. The van der Waals surface area contributed by atoms with Crippen LogP contribution in [-0.4, -0.2) is 60.0 Å². The van der Waals surface area contributed by atoms with Crippen molar-refractivity contribution in [1.82, 2.24) is 20.1 Å². The second-order valence-corrected chi connectivity index (χ2v) is 9.26. The SMILES string of the molecule is CN1CCN(Cc2ccccc2)CC(NC(=O)C2CCc3[nH]c4ccccc4c3C2)C1. The molecule has 1 aliphatic heterocycles. The van der Waals surface area contributed by atoms with Gasteiger partial charge < -0.3 is 15.2 Å². The number of carbonyl (C=O) groups is 1. The number of hydrogen-bond acceptors (Lipinski definition) is 3. The molecule has 0 bridgehead atoms. The summed E-state index contributed by atoms with van der Waals surface area (Å²) in [6.07, 6.45) is 2.70. The minimum Gasteiger partial charge on any atom is -0.358 e. The zero-order valence-electron chi connectivity index (χ0n) is 18.3. The number of carbonyl (C=O) groups excluding carboxylic acids is 1. The molecule has 5 heteroatoms. The lowest BCUT2D eigenvalue weighted by atomic mass is 9.85. The van der Waals surface area contributed by atoms with Crippen molar-refractivity contribution in [3.63, 3.8) is 0 Å². The van der Waals surface area contributed by atoms with Crippen molar-refractivity contribution in [2.45, 2.75) is 31.8 Å². The second kappa shape index (κ2) is 8.85. The lowest BCUT2D eigenvalue weighted by Crippen LogP contribution is -2.48. The van der Waals surface area contributed by atoms with Gasteiger partial charge in [-0.2, -0.15) is 0 Å². The molecule has 0 spiro atoms. The number of fused-ring (bicyclic) bond motifs is 3. The van der Waals surface area contributed by atoms with Crippen LogP contribution < -0.4 is 5.32 Å². The molecule has 2 unspecified atom stereocenters. The number of nitrogens with one attached hydrogen (secondary N) is 2. The lowest BCUT2D eigenvalue weighted by molar-refractivity contribution is -0.126. The lowest BCUT2D eigenvalue weighted by Gasteiger charge is -2.28. The summed E-state index contributed by atoms with van der Waals surface area (Å²) < 4.78 is 0. The highest BCUT2D eigenvalue weighted by atomic mass is 16.2. The Kier molecular flexibility index (Phi) is 5.79. The fourth-order valence-electron chi connectivity index (χ4n) is 5.23. The minimum absolute atomic E-state index is 0.0582. The van der Waals surface area contributed by atoms with E-state index in [9.17, 15) is 4.79 Å². The normalized spacial score (nSPS) is 22.7. The van der Waals surface area contributed by atoms with Crippen molar-refractivity contribution >= 4 is 16.8 Å². The maximum absolute atomic E-state index is 13.3. The van der Waals surface area contributed by atoms with Gasteiger partial charge in [-0.25, -0.2) is 0 Å². The van der Waals surface area contributed by atoms with Crippen LogP contribution in [0.25, 0.3) is 10.9 Å². The maximum atomic E-state index is 13.3. The van der Waals surface area contributed by atoms with Crippen LogP contribution in [0.15, 0.2) is 54.6 Å². The number of likely N-dealkylation sites (N-methyl/N-ethyl adjacent to an activating group) is 1. The summed E-state index contributed by atoms with van der Waals surface area (Å²) in [5.74, 6) is 0.277. The fraction of sp³-hybridized carbons (Fsp3) is 0.423. The number of para-hydroxylation sites is 1. The summed E-state index contributed by atoms with van der Waals surface area (Å²) >= 11 is 0. The van der Waals surface area contributed by atoms with E-state index in [4.69, 9.17) is 0 Å². The monoisotopic (exact) mass is 416 g/mol. The summed E-state index contributed by atoms with van der Waals surface area (Å²) in [5, 5.41) is 4.69. The van der Waals surface area contributed by atoms with Crippen LogP contribution >= 0.6 is 0 Å². The Morgan fingerprint density at radius 2 is 1.87 bits per heavy atom. The van der Waals surface area contributed by atoms with Crippen LogP contribution in [0, 0.1) is 5.92 Å². The largest absolute Gasteiger partial charge is 0.358 e. The molecule has 162 valence electrons. The Bertz CT molecular complexity index is 1040. The molecule has 31 heavy (non-hydrogen) atoms. The van der Waals surface area contributed by atoms with Crippen molar-refractivity contribution in [2.24, 2.45) is 5.92 Å². The molecule has 1 saturated heterocycles. The summed E-state index contributed by atoms with van der Waals surface area (Å²) in [6.45, 7) is 4.79. The van der Waals surface area contributed by atoms with E-state index in [2.05, 4.69) is 81.7 Å². The van der Waals surface area contributed by atoms with Crippen LogP contribution in [0.5, 0.6) is 0 Å². The highest BCUT2D eigenvalue weighted by molar-refractivity contribution is 5.87. The van der Waals surface area contributed by atoms with Crippen LogP contribution in [0.4, 0.5) is 0 Å². The van der Waals surface area contributed by atoms with Crippen LogP contribution in [0.3, 0.4) is 0 Å². The molecular formula is C26H32N4O. The fourth-order valence-corrected chi connectivity index (χ4v) is 5.23. The molecule has 0 radical (unpaired) electrons. The van der Waals surface area contributed by atoms with E-state index in [1.165, 1.54) is 27.7 Å². The zero-order chi connectivity index (χ0) is 21.2. The molecular weight excluding hydrogens is 384 g/mol. The Balaban J connectivity index is 1.25. The zero-order valence-corrected chi connectivity index (χ0v) is 18.3. The summed E-state index contributed by atoms with van der Waals surface area (Å²) in [5.41, 5.74) is 5.17. The smallest absolute Gasteiger partial charge is 0.223 e. The highest BCUT2D eigenvalue weighted by Crippen LogP contribution is 2.31. The van der Waals surface area contributed by atoms with Gasteiger partial charge in [0.15, 0.2) is 0 Å². The van der Waals surface area contributed by atoms with Gasteiger partial charge in [-0.05, 0) is 43.5 Å². The van der Waals surface area contributed by atoms with Crippen molar-refractivity contribution in [3.05, 3.63) is 71.4 Å². The van der Waals surface area contributed by atoms with Crippen molar-refractivity contribution < 1.29 is 4.79 Å². The Hall–Kier alpha value is -2.63. The Morgan fingerprint density at radius 1 is 1.06 bits per heavy atom. The van der Waals surface area contributed by atoms with Crippen LogP contribution in [-0.2, 0) is 24.2 Å². The number of aromatic amines is 1. The minimum atomic E-state index is 0.0582. The van der Waals surface area contributed by atoms with Crippen LogP contribution in [0.2, 0.25) is 0 Å². The highest BCUT2D eigenvalue weighted by Gasteiger charge is 2.30. The van der Waals surface area contributed by atoms with Gasteiger partial charge in [0, 0.05) is 55.2 Å². The van der Waals surface area contributed by atoms with Crippen molar-refractivity contribution in [1.29, 1.82) is 0 Å². The third-order valence-electron chi connectivity index (χ3n) is 6.87. The van der Waals surface area contributed by atoms with E-state index < -0.39 is 0 Å². The molecule has 2 aromatic carbocycles. The standard InChI is InChI=1S/C26H32N4O/c1-29-13-14-30(16-19-7-3-2-4-8-19)18-21(17-29)27-26(31)20-11-12-25-23(15-20)22-9-5-6-10-24(22)28-25/h2-10,20-21,28H,11-18H2,1H3,(H,27,31). The second-order valence-electron chi connectivity index (χ2n) is 9.26. The number of benzene rings is 2. The third kappa shape index (κ3) is 4.53. The molecule has 1 fully saturated rings. The summed E-state index contributed by atoms with van der Waals surface area (Å²) in [6, 6.07) is 19.2. The predicted molar refractivity (Wildman–Crippen MR) is 125 cm³/mol. The summed E-state index contributed by atoms with van der Waals surface area (Å²) in [4.78, 5) is 21.6. The van der Waals surface area contributed by atoms with Gasteiger partial charge in [0.25, 0.3) is 0 Å².